The molecule has 0 aromatic carbocycles. The average Bonchev–Trinajstić information content (AvgIpc) is 2.90. The number of hydrogen-bond acceptors (Lipinski definition) is 3. The second kappa shape index (κ2) is 5.40. The van der Waals surface area contributed by atoms with Crippen LogP contribution in [0, 0.1) is 19.3 Å². The molecule has 1 saturated carbocycles. The highest BCUT2D eigenvalue weighted by atomic mass is 28.4. The van der Waals surface area contributed by atoms with Gasteiger partial charge in [-0.25, -0.2) is 4.68 Å². The minimum atomic E-state index is -2.00. The summed E-state index contributed by atoms with van der Waals surface area (Å²) in [7, 11) is -2.00. The van der Waals surface area contributed by atoms with Crippen LogP contribution in [-0.4, -0.2) is 29.6 Å². The van der Waals surface area contributed by atoms with Crippen LogP contribution in [0.25, 0.3) is 0 Å². The Morgan fingerprint density at radius 2 is 1.92 bits per heavy atom. The first kappa shape index (κ1) is 18.6. The van der Waals surface area contributed by atoms with Gasteiger partial charge in [0.05, 0.1) is 11.3 Å². The SMILES string of the molecule is Cc1cc(C)n(C(=O)C2=C[C@]3(C)CCC[C@]23O[Si](C)(C)C(C)(C)C)n1. The minimum absolute atomic E-state index is 0.0105. The smallest absolute Gasteiger partial charge is 0.276 e. The van der Waals surface area contributed by atoms with Crippen molar-refractivity contribution < 1.29 is 9.22 Å². The molecular formula is C20H32N2O2Si. The number of aryl methyl sites for hydroxylation is 2. The van der Waals surface area contributed by atoms with Gasteiger partial charge in [-0.3, -0.25) is 4.79 Å². The Morgan fingerprint density at radius 1 is 1.28 bits per heavy atom. The number of hydrogen-bond donors (Lipinski definition) is 0. The van der Waals surface area contributed by atoms with Crippen molar-refractivity contribution in [2.24, 2.45) is 5.41 Å². The fraction of sp³-hybridized carbons (Fsp3) is 0.700. The molecule has 25 heavy (non-hydrogen) atoms. The lowest BCUT2D eigenvalue weighted by Crippen LogP contribution is -2.61. The van der Waals surface area contributed by atoms with Gasteiger partial charge in [-0.05, 0) is 57.3 Å². The van der Waals surface area contributed by atoms with Crippen LogP contribution in [0.5, 0.6) is 0 Å². The van der Waals surface area contributed by atoms with Gasteiger partial charge in [0.15, 0.2) is 8.32 Å². The predicted molar refractivity (Wildman–Crippen MR) is 103 cm³/mol. The highest BCUT2D eigenvalue weighted by Crippen LogP contribution is 2.63. The summed E-state index contributed by atoms with van der Waals surface area (Å²) < 4.78 is 8.51. The van der Waals surface area contributed by atoms with Crippen LogP contribution in [-0.2, 0) is 4.43 Å². The summed E-state index contributed by atoms with van der Waals surface area (Å²) in [6.45, 7) is 17.5. The number of rotatable bonds is 3. The van der Waals surface area contributed by atoms with Gasteiger partial charge in [-0.1, -0.05) is 33.8 Å². The molecule has 0 spiro atoms. The number of carbonyl (C=O) groups excluding carboxylic acids is 1. The second-order valence-electron chi connectivity index (χ2n) is 9.66. The molecule has 0 saturated heterocycles. The second-order valence-corrected chi connectivity index (χ2v) is 14.4. The Kier molecular flexibility index (Phi) is 4.01. The highest BCUT2D eigenvalue weighted by molar-refractivity contribution is 6.74. The van der Waals surface area contributed by atoms with Crippen molar-refractivity contribution in [1.29, 1.82) is 0 Å². The lowest BCUT2D eigenvalue weighted by atomic mass is 9.61. The molecular weight excluding hydrogens is 328 g/mol. The molecule has 0 amide bonds. The topological polar surface area (TPSA) is 44.1 Å². The number of carbonyl (C=O) groups is 1. The molecule has 0 radical (unpaired) electrons. The van der Waals surface area contributed by atoms with Gasteiger partial charge in [0.25, 0.3) is 5.91 Å². The molecule has 5 heteroatoms. The van der Waals surface area contributed by atoms with E-state index >= 15 is 0 Å². The van der Waals surface area contributed by atoms with E-state index in [1.54, 1.807) is 4.68 Å². The van der Waals surface area contributed by atoms with Crippen LogP contribution in [0.4, 0.5) is 0 Å². The van der Waals surface area contributed by atoms with Gasteiger partial charge >= 0.3 is 0 Å². The van der Waals surface area contributed by atoms with Crippen LogP contribution in [0.1, 0.15) is 63.1 Å². The average molecular weight is 361 g/mol. The lowest BCUT2D eigenvalue weighted by Gasteiger charge is -2.56. The Balaban J connectivity index is 2.01. The number of fused-ring (bicyclic) bond motifs is 1. The van der Waals surface area contributed by atoms with Gasteiger partial charge < -0.3 is 4.43 Å². The summed E-state index contributed by atoms with van der Waals surface area (Å²) in [5.74, 6) is -0.0105. The van der Waals surface area contributed by atoms with Gasteiger partial charge in [-0.15, -0.1) is 0 Å². The van der Waals surface area contributed by atoms with E-state index in [0.29, 0.717) is 0 Å². The standard InChI is InChI=1S/C20H32N2O2Si/c1-14-12-15(2)22(21-14)17(23)16-13-19(6)10-9-11-20(16,19)24-25(7,8)18(3,4)5/h12-13H,9-11H2,1-8H3/t19-,20-/m0/s1. The van der Waals surface area contributed by atoms with Crippen LogP contribution < -0.4 is 0 Å². The summed E-state index contributed by atoms with van der Waals surface area (Å²) in [4.78, 5) is 13.3. The first-order valence-corrected chi connectivity index (χ1v) is 12.3. The van der Waals surface area contributed by atoms with E-state index in [9.17, 15) is 4.79 Å². The Hall–Kier alpha value is -1.20. The maximum atomic E-state index is 13.3. The molecule has 0 aliphatic heterocycles. The van der Waals surface area contributed by atoms with Crippen LogP contribution >= 0.6 is 0 Å². The third-order valence-corrected chi connectivity index (χ3v) is 11.2. The van der Waals surface area contributed by atoms with Gasteiger partial charge in [0.2, 0.25) is 0 Å². The lowest BCUT2D eigenvalue weighted by molar-refractivity contribution is -0.00921. The highest BCUT2D eigenvalue weighted by Gasteiger charge is 2.65. The fourth-order valence-electron chi connectivity index (χ4n) is 4.17. The van der Waals surface area contributed by atoms with Gasteiger partial charge in [-0.2, -0.15) is 5.10 Å². The summed E-state index contributed by atoms with van der Waals surface area (Å²) in [5, 5.41) is 4.53. The molecule has 2 aliphatic rings. The van der Waals surface area contributed by atoms with E-state index in [0.717, 1.165) is 36.2 Å². The van der Waals surface area contributed by atoms with Crippen molar-refractivity contribution in [2.75, 3.05) is 0 Å². The van der Waals surface area contributed by atoms with E-state index in [4.69, 9.17) is 4.43 Å². The monoisotopic (exact) mass is 360 g/mol. The largest absolute Gasteiger partial charge is 0.406 e. The van der Waals surface area contributed by atoms with E-state index in [-0.39, 0.29) is 16.4 Å². The molecule has 0 bridgehead atoms. The zero-order chi connectivity index (χ0) is 18.8. The normalized spacial score (nSPS) is 29.2. The molecule has 0 N–H and O–H groups in total. The van der Waals surface area contributed by atoms with Crippen molar-refractivity contribution in [2.45, 2.75) is 84.5 Å². The molecule has 2 aliphatic carbocycles. The molecule has 1 heterocycles. The quantitative estimate of drug-likeness (QED) is 0.710. The molecule has 2 atom stereocenters. The predicted octanol–water partition coefficient (Wildman–Crippen LogP) is 5.03. The summed E-state index contributed by atoms with van der Waals surface area (Å²) in [5.41, 5.74) is 2.13. The molecule has 0 unspecified atom stereocenters. The third-order valence-electron chi connectivity index (χ3n) is 6.71. The summed E-state index contributed by atoms with van der Waals surface area (Å²) >= 11 is 0. The van der Waals surface area contributed by atoms with Crippen molar-refractivity contribution in [3.8, 4) is 0 Å². The Bertz CT molecular complexity index is 756. The van der Waals surface area contributed by atoms with Crippen molar-refractivity contribution in [3.05, 3.63) is 29.1 Å². The van der Waals surface area contributed by atoms with E-state index in [2.05, 4.69) is 52.0 Å². The van der Waals surface area contributed by atoms with Gasteiger partial charge in [0, 0.05) is 16.7 Å². The van der Waals surface area contributed by atoms with E-state index < -0.39 is 13.9 Å². The maximum Gasteiger partial charge on any atom is 0.276 e. The van der Waals surface area contributed by atoms with Crippen molar-refractivity contribution in [3.63, 3.8) is 0 Å². The maximum absolute atomic E-state index is 13.3. The Labute approximate surface area is 152 Å². The van der Waals surface area contributed by atoms with Crippen LogP contribution in [0.2, 0.25) is 18.1 Å². The molecule has 1 fully saturated rings. The summed E-state index contributed by atoms with van der Waals surface area (Å²) in [6, 6.07) is 1.95. The molecule has 4 nitrogen and oxygen atoms in total. The van der Waals surface area contributed by atoms with Crippen LogP contribution in [0.15, 0.2) is 17.7 Å². The molecule has 1 aromatic rings. The van der Waals surface area contributed by atoms with E-state index in [1.165, 1.54) is 0 Å². The zero-order valence-corrected chi connectivity index (χ0v) is 18.0. The van der Waals surface area contributed by atoms with Crippen molar-refractivity contribution in [1.82, 2.24) is 9.78 Å². The van der Waals surface area contributed by atoms with Crippen molar-refractivity contribution >= 4 is 14.2 Å². The Morgan fingerprint density at radius 3 is 2.40 bits per heavy atom. The third kappa shape index (κ3) is 2.58. The zero-order valence-electron chi connectivity index (χ0n) is 17.0. The molecule has 138 valence electrons. The first-order chi connectivity index (χ1) is 11.3. The first-order valence-electron chi connectivity index (χ1n) is 9.35. The molecule has 3 rings (SSSR count). The number of aromatic nitrogens is 2. The fourth-order valence-corrected chi connectivity index (χ4v) is 5.80. The summed E-state index contributed by atoms with van der Waals surface area (Å²) in [6.07, 6.45) is 5.30. The van der Waals surface area contributed by atoms with Crippen LogP contribution in [0.3, 0.4) is 0 Å². The number of nitrogens with zero attached hydrogens (tertiary/aromatic N) is 2. The van der Waals surface area contributed by atoms with Gasteiger partial charge in [0.1, 0.15) is 0 Å². The van der Waals surface area contributed by atoms with E-state index in [1.807, 2.05) is 19.9 Å². The minimum Gasteiger partial charge on any atom is -0.406 e. The molecule has 1 aromatic heterocycles.